The molecule has 0 radical (unpaired) electrons. The van der Waals surface area contributed by atoms with E-state index in [1.54, 1.807) is 0 Å². The number of hydrogen-bond donors (Lipinski definition) is 1. The van der Waals surface area contributed by atoms with Gasteiger partial charge in [-0.3, -0.25) is 0 Å². The first kappa shape index (κ1) is 12.4. The van der Waals surface area contributed by atoms with Gasteiger partial charge in [-0.2, -0.15) is 0 Å². The Hall–Kier alpha value is -1.02. The van der Waals surface area contributed by atoms with Crippen LogP contribution in [-0.4, -0.2) is 19.2 Å². The molecule has 0 bridgehead atoms. The number of hydrogen-bond acceptors (Lipinski definition) is 2. The highest BCUT2D eigenvalue weighted by Crippen LogP contribution is 2.20. The van der Waals surface area contributed by atoms with Gasteiger partial charge in [-0.1, -0.05) is 12.1 Å². The van der Waals surface area contributed by atoms with Gasteiger partial charge in [0.15, 0.2) is 0 Å². The predicted molar refractivity (Wildman–Crippen MR) is 71.5 cm³/mol. The minimum Gasteiger partial charge on any atom is -0.491 e. The first-order chi connectivity index (χ1) is 8.24. The van der Waals surface area contributed by atoms with Gasteiger partial charge in [0, 0.05) is 0 Å². The number of benzene rings is 1. The van der Waals surface area contributed by atoms with E-state index in [0.29, 0.717) is 0 Å². The van der Waals surface area contributed by atoms with E-state index in [9.17, 15) is 0 Å². The predicted octanol–water partition coefficient (Wildman–Crippen LogP) is 3.02. The summed E-state index contributed by atoms with van der Waals surface area (Å²) in [5, 5.41) is 3.47. The highest BCUT2D eigenvalue weighted by atomic mass is 16.5. The van der Waals surface area contributed by atoms with E-state index in [1.807, 2.05) is 6.07 Å². The first-order valence-corrected chi connectivity index (χ1v) is 6.70. The van der Waals surface area contributed by atoms with Crippen LogP contribution in [0.3, 0.4) is 0 Å². The lowest BCUT2D eigenvalue weighted by atomic mass is 9.92. The fraction of sp³-hybridized carbons (Fsp3) is 0.600. The van der Waals surface area contributed by atoms with Crippen molar-refractivity contribution in [1.29, 1.82) is 0 Å². The summed E-state index contributed by atoms with van der Waals surface area (Å²) >= 11 is 0. The van der Waals surface area contributed by atoms with Gasteiger partial charge in [-0.05, 0) is 69.8 Å². The number of piperidine rings is 1. The topological polar surface area (TPSA) is 21.3 Å². The molecule has 1 aliphatic heterocycles. The van der Waals surface area contributed by atoms with E-state index >= 15 is 0 Å². The molecule has 2 nitrogen and oxygen atoms in total. The molecule has 1 unspecified atom stereocenters. The van der Waals surface area contributed by atoms with E-state index < -0.39 is 0 Å². The standard InChI is InChI=1S/C15H23NO/c1-12(2)17-15-7-3-5-13(10-15)9-14-6-4-8-16-11-14/h3,5,7,10,12,14,16H,4,6,8-9,11H2,1-2H3. The molecule has 1 heterocycles. The van der Waals surface area contributed by atoms with Gasteiger partial charge in [0.1, 0.15) is 5.75 Å². The maximum absolute atomic E-state index is 5.73. The molecule has 0 aromatic heterocycles. The van der Waals surface area contributed by atoms with Crippen LogP contribution in [0.2, 0.25) is 0 Å². The number of rotatable bonds is 4. The molecule has 94 valence electrons. The molecule has 1 aliphatic rings. The van der Waals surface area contributed by atoms with Crippen molar-refractivity contribution in [3.05, 3.63) is 29.8 Å². The van der Waals surface area contributed by atoms with Gasteiger partial charge in [0.05, 0.1) is 6.10 Å². The molecule has 1 saturated heterocycles. The van der Waals surface area contributed by atoms with Crippen LogP contribution < -0.4 is 10.1 Å². The van der Waals surface area contributed by atoms with Crippen molar-refractivity contribution in [1.82, 2.24) is 5.32 Å². The maximum Gasteiger partial charge on any atom is 0.119 e. The van der Waals surface area contributed by atoms with Crippen molar-refractivity contribution >= 4 is 0 Å². The van der Waals surface area contributed by atoms with Crippen molar-refractivity contribution in [2.24, 2.45) is 5.92 Å². The van der Waals surface area contributed by atoms with Crippen LogP contribution in [0.4, 0.5) is 0 Å². The van der Waals surface area contributed by atoms with Crippen LogP contribution in [0, 0.1) is 5.92 Å². The Kier molecular flexibility index (Phi) is 4.43. The highest BCUT2D eigenvalue weighted by molar-refractivity contribution is 5.29. The van der Waals surface area contributed by atoms with Gasteiger partial charge in [0.2, 0.25) is 0 Å². The molecule has 0 saturated carbocycles. The molecule has 1 fully saturated rings. The smallest absolute Gasteiger partial charge is 0.119 e. The van der Waals surface area contributed by atoms with Gasteiger partial charge in [-0.25, -0.2) is 0 Å². The summed E-state index contributed by atoms with van der Waals surface area (Å²) in [5.74, 6) is 1.79. The zero-order chi connectivity index (χ0) is 12.1. The fourth-order valence-corrected chi connectivity index (χ4v) is 2.45. The SMILES string of the molecule is CC(C)Oc1cccc(CC2CCCNC2)c1. The average Bonchev–Trinajstić information content (AvgIpc) is 2.30. The van der Waals surface area contributed by atoms with Crippen LogP contribution >= 0.6 is 0 Å². The molecule has 17 heavy (non-hydrogen) atoms. The minimum absolute atomic E-state index is 0.251. The molecule has 1 atom stereocenters. The van der Waals surface area contributed by atoms with Crippen molar-refractivity contribution in [3.63, 3.8) is 0 Å². The third-order valence-corrected chi connectivity index (χ3v) is 3.19. The quantitative estimate of drug-likeness (QED) is 0.863. The third-order valence-electron chi connectivity index (χ3n) is 3.19. The number of nitrogens with one attached hydrogen (secondary N) is 1. The molecule has 0 amide bonds. The van der Waals surface area contributed by atoms with E-state index in [0.717, 1.165) is 18.2 Å². The Morgan fingerprint density at radius 1 is 1.41 bits per heavy atom. The largest absolute Gasteiger partial charge is 0.491 e. The molecular weight excluding hydrogens is 210 g/mol. The molecule has 1 N–H and O–H groups in total. The van der Waals surface area contributed by atoms with E-state index in [1.165, 1.54) is 31.4 Å². The molecule has 0 aliphatic carbocycles. The zero-order valence-electron chi connectivity index (χ0n) is 10.9. The summed E-state index contributed by atoms with van der Waals surface area (Å²) < 4.78 is 5.73. The molecule has 1 aromatic carbocycles. The summed E-state index contributed by atoms with van der Waals surface area (Å²) in [7, 11) is 0. The third kappa shape index (κ3) is 4.04. The zero-order valence-corrected chi connectivity index (χ0v) is 10.9. The second-order valence-electron chi connectivity index (χ2n) is 5.23. The molecule has 2 heteroatoms. The Morgan fingerprint density at radius 3 is 3.00 bits per heavy atom. The van der Waals surface area contributed by atoms with Gasteiger partial charge >= 0.3 is 0 Å². The Balaban J connectivity index is 1.95. The normalized spacial score (nSPS) is 20.5. The van der Waals surface area contributed by atoms with Crippen LogP contribution in [0.25, 0.3) is 0 Å². The van der Waals surface area contributed by atoms with E-state index in [4.69, 9.17) is 4.74 Å². The molecule has 1 aromatic rings. The minimum atomic E-state index is 0.251. The number of ether oxygens (including phenoxy) is 1. The maximum atomic E-state index is 5.73. The summed E-state index contributed by atoms with van der Waals surface area (Å²) in [6.45, 7) is 6.48. The summed E-state index contributed by atoms with van der Waals surface area (Å²) in [6.07, 6.45) is 4.08. The lowest BCUT2D eigenvalue weighted by Gasteiger charge is -2.23. The van der Waals surface area contributed by atoms with Crippen molar-refractivity contribution in [2.45, 2.75) is 39.2 Å². The van der Waals surface area contributed by atoms with Crippen molar-refractivity contribution < 1.29 is 4.74 Å². The van der Waals surface area contributed by atoms with Crippen molar-refractivity contribution in [3.8, 4) is 5.75 Å². The van der Waals surface area contributed by atoms with Gasteiger partial charge in [-0.15, -0.1) is 0 Å². The summed E-state index contributed by atoms with van der Waals surface area (Å²) in [4.78, 5) is 0. The van der Waals surface area contributed by atoms with Crippen LogP contribution in [0.15, 0.2) is 24.3 Å². The lowest BCUT2D eigenvalue weighted by molar-refractivity contribution is 0.242. The summed E-state index contributed by atoms with van der Waals surface area (Å²) in [5.41, 5.74) is 1.40. The van der Waals surface area contributed by atoms with Crippen LogP contribution in [0.1, 0.15) is 32.3 Å². The second-order valence-corrected chi connectivity index (χ2v) is 5.23. The molecular formula is C15H23NO. The van der Waals surface area contributed by atoms with Gasteiger partial charge < -0.3 is 10.1 Å². The second kappa shape index (κ2) is 6.06. The average molecular weight is 233 g/mol. The monoisotopic (exact) mass is 233 g/mol. The Morgan fingerprint density at radius 2 is 2.29 bits per heavy atom. The Labute approximate surface area is 104 Å². The van der Waals surface area contributed by atoms with Crippen molar-refractivity contribution in [2.75, 3.05) is 13.1 Å². The summed E-state index contributed by atoms with van der Waals surface area (Å²) in [6, 6.07) is 8.54. The Bertz CT molecular complexity index is 343. The first-order valence-electron chi connectivity index (χ1n) is 6.70. The van der Waals surface area contributed by atoms with Crippen LogP contribution in [-0.2, 0) is 6.42 Å². The molecule has 2 rings (SSSR count). The highest BCUT2D eigenvalue weighted by Gasteiger charge is 2.13. The van der Waals surface area contributed by atoms with E-state index in [2.05, 4.69) is 37.4 Å². The lowest BCUT2D eigenvalue weighted by Crippen LogP contribution is -2.30. The van der Waals surface area contributed by atoms with Crippen LogP contribution in [0.5, 0.6) is 5.75 Å². The molecule has 0 spiro atoms. The van der Waals surface area contributed by atoms with Gasteiger partial charge in [0.25, 0.3) is 0 Å². The van der Waals surface area contributed by atoms with E-state index in [-0.39, 0.29) is 6.10 Å². The fourth-order valence-electron chi connectivity index (χ4n) is 2.45.